The van der Waals surface area contributed by atoms with E-state index in [9.17, 15) is 0 Å². The number of aromatic nitrogens is 1. The quantitative estimate of drug-likeness (QED) is 0.652. The Morgan fingerprint density at radius 2 is 2.38 bits per heavy atom. The summed E-state index contributed by atoms with van der Waals surface area (Å²) < 4.78 is 0. The molecule has 68 valence electrons. The van der Waals surface area contributed by atoms with Crippen LogP contribution >= 0.6 is 0 Å². The van der Waals surface area contributed by atoms with E-state index in [1.54, 1.807) is 6.20 Å². The molecular weight excluding hydrogens is 160 g/mol. The molecule has 1 aromatic heterocycles. The standard InChI is InChI=1S/C11H14N2/c1-3-11-8-10(6-7-13-11)5-4-9(2)12/h6-9H,3,12H2,1-2H3. The van der Waals surface area contributed by atoms with Crippen molar-refractivity contribution in [1.82, 2.24) is 4.98 Å². The van der Waals surface area contributed by atoms with Gasteiger partial charge in [0.15, 0.2) is 0 Å². The van der Waals surface area contributed by atoms with Crippen LogP contribution in [-0.4, -0.2) is 11.0 Å². The zero-order valence-electron chi connectivity index (χ0n) is 8.04. The highest BCUT2D eigenvalue weighted by Crippen LogP contribution is 2.00. The van der Waals surface area contributed by atoms with Gasteiger partial charge in [-0.1, -0.05) is 18.8 Å². The first-order valence-corrected chi connectivity index (χ1v) is 4.44. The highest BCUT2D eigenvalue weighted by Gasteiger charge is 1.91. The molecule has 2 N–H and O–H groups in total. The van der Waals surface area contributed by atoms with Crippen LogP contribution in [-0.2, 0) is 6.42 Å². The molecule has 0 spiro atoms. The second-order valence-corrected chi connectivity index (χ2v) is 2.95. The summed E-state index contributed by atoms with van der Waals surface area (Å²) in [7, 11) is 0. The average molecular weight is 174 g/mol. The van der Waals surface area contributed by atoms with E-state index in [0.29, 0.717) is 0 Å². The Kier molecular flexibility index (Phi) is 3.48. The van der Waals surface area contributed by atoms with E-state index in [0.717, 1.165) is 17.7 Å². The minimum Gasteiger partial charge on any atom is -0.318 e. The number of nitrogens with zero attached hydrogens (tertiary/aromatic N) is 1. The maximum absolute atomic E-state index is 5.52. The molecule has 0 saturated carbocycles. The fraction of sp³-hybridized carbons (Fsp3) is 0.364. The van der Waals surface area contributed by atoms with Crippen LogP contribution in [0.1, 0.15) is 25.1 Å². The van der Waals surface area contributed by atoms with Gasteiger partial charge in [-0.25, -0.2) is 0 Å². The van der Waals surface area contributed by atoms with Gasteiger partial charge < -0.3 is 5.73 Å². The van der Waals surface area contributed by atoms with E-state index >= 15 is 0 Å². The minimum absolute atomic E-state index is 0.0711. The lowest BCUT2D eigenvalue weighted by molar-refractivity contribution is 0.959. The number of pyridine rings is 1. The molecule has 0 fully saturated rings. The maximum atomic E-state index is 5.52. The van der Waals surface area contributed by atoms with Gasteiger partial charge in [-0.3, -0.25) is 4.98 Å². The largest absolute Gasteiger partial charge is 0.318 e. The summed E-state index contributed by atoms with van der Waals surface area (Å²) in [4.78, 5) is 4.19. The summed E-state index contributed by atoms with van der Waals surface area (Å²) in [5.41, 5.74) is 7.58. The van der Waals surface area contributed by atoms with Crippen molar-refractivity contribution in [2.24, 2.45) is 5.73 Å². The van der Waals surface area contributed by atoms with E-state index in [2.05, 4.69) is 23.7 Å². The summed E-state index contributed by atoms with van der Waals surface area (Å²) in [6, 6.07) is 3.82. The molecule has 0 amide bonds. The Labute approximate surface area is 79.2 Å². The van der Waals surface area contributed by atoms with Crippen molar-refractivity contribution < 1.29 is 0 Å². The fourth-order valence-corrected chi connectivity index (χ4v) is 0.946. The van der Waals surface area contributed by atoms with Gasteiger partial charge in [0.25, 0.3) is 0 Å². The molecule has 1 heterocycles. The Morgan fingerprint density at radius 1 is 1.62 bits per heavy atom. The van der Waals surface area contributed by atoms with Gasteiger partial charge in [0, 0.05) is 17.5 Å². The van der Waals surface area contributed by atoms with Gasteiger partial charge >= 0.3 is 0 Å². The van der Waals surface area contributed by atoms with Crippen molar-refractivity contribution in [2.45, 2.75) is 26.3 Å². The fourth-order valence-electron chi connectivity index (χ4n) is 0.946. The molecule has 1 atom stereocenters. The number of hydrogen-bond acceptors (Lipinski definition) is 2. The molecule has 2 nitrogen and oxygen atoms in total. The topological polar surface area (TPSA) is 38.9 Å². The summed E-state index contributed by atoms with van der Waals surface area (Å²) in [5, 5.41) is 0. The lowest BCUT2D eigenvalue weighted by Gasteiger charge is -1.95. The van der Waals surface area contributed by atoms with E-state index in [1.165, 1.54) is 0 Å². The third kappa shape index (κ3) is 3.27. The molecule has 0 bridgehead atoms. The molecule has 0 aliphatic carbocycles. The number of rotatable bonds is 1. The number of hydrogen-bond donors (Lipinski definition) is 1. The zero-order chi connectivity index (χ0) is 9.68. The van der Waals surface area contributed by atoms with Crippen molar-refractivity contribution in [3.05, 3.63) is 29.6 Å². The van der Waals surface area contributed by atoms with Crippen molar-refractivity contribution in [3.8, 4) is 11.8 Å². The lowest BCUT2D eigenvalue weighted by atomic mass is 10.2. The molecule has 13 heavy (non-hydrogen) atoms. The van der Waals surface area contributed by atoms with Crippen molar-refractivity contribution >= 4 is 0 Å². The van der Waals surface area contributed by atoms with Crippen LogP contribution in [0.5, 0.6) is 0 Å². The number of aryl methyl sites for hydroxylation is 1. The Hall–Kier alpha value is -1.33. The maximum Gasteiger partial charge on any atom is 0.0639 e. The predicted molar refractivity (Wildman–Crippen MR) is 54.1 cm³/mol. The SMILES string of the molecule is CCc1cc(C#CC(C)N)ccn1. The Balaban J connectivity index is 2.85. The third-order valence-electron chi connectivity index (χ3n) is 1.62. The normalized spacial score (nSPS) is 11.6. The second kappa shape index (κ2) is 4.64. The van der Waals surface area contributed by atoms with Gasteiger partial charge in [0.1, 0.15) is 0 Å². The van der Waals surface area contributed by atoms with E-state index in [1.807, 2.05) is 19.1 Å². The van der Waals surface area contributed by atoms with Crippen LogP contribution in [0.25, 0.3) is 0 Å². The first-order chi connectivity index (χ1) is 6.22. The first-order valence-electron chi connectivity index (χ1n) is 4.44. The monoisotopic (exact) mass is 174 g/mol. The van der Waals surface area contributed by atoms with Crippen LogP contribution in [0, 0.1) is 11.8 Å². The Bertz CT molecular complexity index is 331. The summed E-state index contributed by atoms with van der Waals surface area (Å²) in [6.45, 7) is 3.94. The van der Waals surface area contributed by atoms with Crippen molar-refractivity contribution in [2.75, 3.05) is 0 Å². The summed E-state index contributed by atoms with van der Waals surface area (Å²) >= 11 is 0. The smallest absolute Gasteiger partial charge is 0.0639 e. The lowest BCUT2D eigenvalue weighted by Crippen LogP contribution is -2.10. The number of nitrogens with two attached hydrogens (primary N) is 1. The second-order valence-electron chi connectivity index (χ2n) is 2.95. The molecule has 0 radical (unpaired) electrons. The van der Waals surface area contributed by atoms with E-state index in [4.69, 9.17) is 5.73 Å². The third-order valence-corrected chi connectivity index (χ3v) is 1.62. The molecule has 1 rings (SSSR count). The molecule has 2 heteroatoms. The average Bonchev–Trinajstić information content (AvgIpc) is 2.15. The van der Waals surface area contributed by atoms with Gasteiger partial charge in [-0.05, 0) is 25.5 Å². The van der Waals surface area contributed by atoms with Crippen LogP contribution in [0.2, 0.25) is 0 Å². The molecule has 1 unspecified atom stereocenters. The minimum atomic E-state index is -0.0711. The molecule has 0 aromatic carbocycles. The summed E-state index contributed by atoms with van der Waals surface area (Å²) in [5.74, 6) is 5.92. The van der Waals surface area contributed by atoms with Gasteiger partial charge in [0.05, 0.1) is 6.04 Å². The van der Waals surface area contributed by atoms with Gasteiger partial charge in [0.2, 0.25) is 0 Å². The highest BCUT2D eigenvalue weighted by atomic mass is 14.7. The van der Waals surface area contributed by atoms with Crippen LogP contribution in [0.4, 0.5) is 0 Å². The molecule has 0 aliphatic rings. The molecule has 0 aliphatic heterocycles. The molecule has 1 aromatic rings. The van der Waals surface area contributed by atoms with E-state index in [-0.39, 0.29) is 6.04 Å². The van der Waals surface area contributed by atoms with Crippen molar-refractivity contribution in [1.29, 1.82) is 0 Å². The Morgan fingerprint density at radius 3 is 3.00 bits per heavy atom. The van der Waals surface area contributed by atoms with Crippen LogP contribution < -0.4 is 5.73 Å². The first kappa shape index (κ1) is 9.76. The van der Waals surface area contributed by atoms with Gasteiger partial charge in [-0.2, -0.15) is 0 Å². The summed E-state index contributed by atoms with van der Waals surface area (Å²) in [6.07, 6.45) is 2.72. The van der Waals surface area contributed by atoms with Crippen LogP contribution in [0.15, 0.2) is 18.3 Å². The van der Waals surface area contributed by atoms with Crippen LogP contribution in [0.3, 0.4) is 0 Å². The highest BCUT2D eigenvalue weighted by molar-refractivity contribution is 5.35. The molecule has 0 saturated heterocycles. The van der Waals surface area contributed by atoms with Crippen molar-refractivity contribution in [3.63, 3.8) is 0 Å². The predicted octanol–water partition coefficient (Wildman–Crippen LogP) is 1.34. The molecular formula is C11H14N2. The van der Waals surface area contributed by atoms with Gasteiger partial charge in [-0.15, -0.1) is 0 Å². The zero-order valence-corrected chi connectivity index (χ0v) is 8.04. The van der Waals surface area contributed by atoms with E-state index < -0.39 is 0 Å².